The predicted molar refractivity (Wildman–Crippen MR) is 86.2 cm³/mol. The zero-order chi connectivity index (χ0) is 14.7. The van der Waals surface area contributed by atoms with Crippen LogP contribution in [0.4, 0.5) is 0 Å². The van der Waals surface area contributed by atoms with Crippen molar-refractivity contribution in [2.75, 3.05) is 19.6 Å². The molecule has 3 rings (SSSR count). The van der Waals surface area contributed by atoms with E-state index in [1.165, 1.54) is 22.3 Å². The molecule has 0 radical (unpaired) electrons. The largest absolute Gasteiger partial charge is 0.314 e. The average Bonchev–Trinajstić information content (AvgIpc) is 2.53. The molecule has 0 amide bonds. The smallest absolute Gasteiger partial charge is 0.0491 e. The summed E-state index contributed by atoms with van der Waals surface area (Å²) in [5, 5.41) is 3.51. The first-order valence-corrected chi connectivity index (χ1v) is 7.65. The lowest BCUT2D eigenvalue weighted by atomic mass is 10.00. The summed E-state index contributed by atoms with van der Waals surface area (Å²) in [6.45, 7) is 8.56. The predicted octanol–water partition coefficient (Wildman–Crippen LogP) is 2.84. The van der Waals surface area contributed by atoms with Crippen LogP contribution in [0.2, 0.25) is 0 Å². The van der Waals surface area contributed by atoms with Crippen molar-refractivity contribution in [3.8, 4) is 0 Å². The maximum absolute atomic E-state index is 4.28. The van der Waals surface area contributed by atoms with Crippen LogP contribution in [0.25, 0.3) is 0 Å². The highest BCUT2D eigenvalue weighted by atomic mass is 15.2. The van der Waals surface area contributed by atoms with Gasteiger partial charge in [0, 0.05) is 44.6 Å². The Morgan fingerprint density at radius 2 is 2.14 bits per heavy atom. The number of piperazine rings is 1. The van der Waals surface area contributed by atoms with E-state index in [2.05, 4.69) is 53.3 Å². The fourth-order valence-corrected chi connectivity index (χ4v) is 3.04. The highest BCUT2D eigenvalue weighted by molar-refractivity contribution is 5.33. The number of nitrogens with zero attached hydrogens (tertiary/aromatic N) is 2. The molecule has 1 unspecified atom stereocenters. The van der Waals surface area contributed by atoms with E-state index in [4.69, 9.17) is 0 Å². The molecule has 1 atom stereocenters. The van der Waals surface area contributed by atoms with Crippen LogP contribution < -0.4 is 5.32 Å². The van der Waals surface area contributed by atoms with Gasteiger partial charge in [-0.2, -0.15) is 0 Å². The number of aromatic nitrogens is 1. The van der Waals surface area contributed by atoms with E-state index in [0.29, 0.717) is 6.04 Å². The number of aryl methyl sites for hydroxylation is 1. The molecule has 1 fully saturated rings. The second-order valence-electron chi connectivity index (χ2n) is 5.84. The Balaban J connectivity index is 1.83. The van der Waals surface area contributed by atoms with Gasteiger partial charge in [0.1, 0.15) is 0 Å². The molecule has 3 nitrogen and oxygen atoms in total. The van der Waals surface area contributed by atoms with Crippen LogP contribution in [0.3, 0.4) is 0 Å². The lowest BCUT2D eigenvalue weighted by Gasteiger charge is -2.36. The third-order valence-electron chi connectivity index (χ3n) is 4.51. The van der Waals surface area contributed by atoms with Gasteiger partial charge in [-0.05, 0) is 42.2 Å². The zero-order valence-corrected chi connectivity index (χ0v) is 12.8. The van der Waals surface area contributed by atoms with Crippen molar-refractivity contribution in [2.24, 2.45) is 0 Å². The Hall–Kier alpha value is -1.71. The van der Waals surface area contributed by atoms with E-state index >= 15 is 0 Å². The van der Waals surface area contributed by atoms with Gasteiger partial charge in [0.2, 0.25) is 0 Å². The first-order chi connectivity index (χ1) is 10.3. The fraction of sp³-hybridized carbons (Fsp3) is 0.389. The van der Waals surface area contributed by atoms with Crippen LogP contribution in [0, 0.1) is 13.8 Å². The lowest BCUT2D eigenvalue weighted by molar-refractivity contribution is 0.153. The van der Waals surface area contributed by atoms with Crippen molar-refractivity contribution in [1.82, 2.24) is 15.2 Å². The molecule has 1 N–H and O–H groups in total. The molecule has 1 saturated heterocycles. The van der Waals surface area contributed by atoms with Gasteiger partial charge < -0.3 is 5.32 Å². The molecule has 0 aliphatic carbocycles. The van der Waals surface area contributed by atoms with Crippen LogP contribution in [-0.4, -0.2) is 29.5 Å². The van der Waals surface area contributed by atoms with Crippen LogP contribution >= 0.6 is 0 Å². The van der Waals surface area contributed by atoms with Crippen molar-refractivity contribution in [3.05, 3.63) is 65.0 Å². The Morgan fingerprint density at radius 3 is 2.95 bits per heavy atom. The maximum Gasteiger partial charge on any atom is 0.0491 e. The summed E-state index contributed by atoms with van der Waals surface area (Å²) in [6.07, 6.45) is 3.84. The van der Waals surface area contributed by atoms with E-state index in [9.17, 15) is 0 Å². The Labute approximate surface area is 127 Å². The highest BCUT2D eigenvalue weighted by Gasteiger charge is 2.24. The monoisotopic (exact) mass is 281 g/mol. The first-order valence-electron chi connectivity index (χ1n) is 7.65. The van der Waals surface area contributed by atoms with Crippen molar-refractivity contribution < 1.29 is 0 Å². The third-order valence-corrected chi connectivity index (χ3v) is 4.51. The van der Waals surface area contributed by atoms with E-state index in [0.717, 1.165) is 26.2 Å². The lowest BCUT2D eigenvalue weighted by Crippen LogP contribution is -2.45. The Bertz CT molecular complexity index is 595. The maximum atomic E-state index is 4.28. The first kappa shape index (κ1) is 14.2. The number of hydrogen-bond acceptors (Lipinski definition) is 3. The molecule has 0 spiro atoms. The van der Waals surface area contributed by atoms with Gasteiger partial charge >= 0.3 is 0 Å². The molecule has 0 bridgehead atoms. The molecule has 1 aromatic heterocycles. The standard InChI is InChI=1S/C18H23N3/c1-14-5-3-6-17(15(14)2)13-21-10-9-20-12-18(21)16-7-4-8-19-11-16/h3-8,11,18,20H,9-10,12-13H2,1-2H3. The van der Waals surface area contributed by atoms with Gasteiger partial charge in [-0.1, -0.05) is 24.3 Å². The van der Waals surface area contributed by atoms with Crippen molar-refractivity contribution in [2.45, 2.75) is 26.4 Å². The van der Waals surface area contributed by atoms with Crippen LogP contribution in [0.1, 0.15) is 28.3 Å². The minimum atomic E-state index is 0.410. The summed E-state index contributed by atoms with van der Waals surface area (Å²) in [5.74, 6) is 0. The highest BCUT2D eigenvalue weighted by Crippen LogP contribution is 2.25. The molecule has 1 aliphatic rings. The van der Waals surface area contributed by atoms with E-state index in [1.54, 1.807) is 0 Å². The average molecular weight is 281 g/mol. The molecule has 1 aromatic carbocycles. The molecule has 2 heterocycles. The molecule has 110 valence electrons. The summed E-state index contributed by atoms with van der Waals surface area (Å²) in [6, 6.07) is 11.2. The number of benzene rings is 1. The quantitative estimate of drug-likeness (QED) is 0.937. The molecule has 0 saturated carbocycles. The van der Waals surface area contributed by atoms with Crippen LogP contribution in [-0.2, 0) is 6.54 Å². The van der Waals surface area contributed by atoms with E-state index < -0.39 is 0 Å². The van der Waals surface area contributed by atoms with Gasteiger partial charge in [-0.3, -0.25) is 9.88 Å². The Morgan fingerprint density at radius 1 is 1.24 bits per heavy atom. The molecule has 3 heteroatoms. The molecular weight excluding hydrogens is 258 g/mol. The number of hydrogen-bond donors (Lipinski definition) is 1. The normalized spacial score (nSPS) is 19.6. The summed E-state index contributed by atoms with van der Waals surface area (Å²) in [5.41, 5.74) is 5.53. The summed E-state index contributed by atoms with van der Waals surface area (Å²) >= 11 is 0. The molecule has 1 aliphatic heterocycles. The van der Waals surface area contributed by atoms with Crippen molar-refractivity contribution in [1.29, 1.82) is 0 Å². The summed E-state index contributed by atoms with van der Waals surface area (Å²) in [4.78, 5) is 6.84. The van der Waals surface area contributed by atoms with Crippen molar-refractivity contribution >= 4 is 0 Å². The van der Waals surface area contributed by atoms with E-state index in [1.807, 2.05) is 18.5 Å². The van der Waals surface area contributed by atoms with Crippen molar-refractivity contribution in [3.63, 3.8) is 0 Å². The Kier molecular flexibility index (Phi) is 4.32. The third kappa shape index (κ3) is 3.14. The SMILES string of the molecule is Cc1cccc(CN2CCNCC2c2cccnc2)c1C. The van der Waals surface area contributed by atoms with Gasteiger partial charge in [0.25, 0.3) is 0 Å². The van der Waals surface area contributed by atoms with E-state index in [-0.39, 0.29) is 0 Å². The fourth-order valence-electron chi connectivity index (χ4n) is 3.04. The summed E-state index contributed by atoms with van der Waals surface area (Å²) in [7, 11) is 0. The minimum absolute atomic E-state index is 0.410. The molecular formula is C18H23N3. The second kappa shape index (κ2) is 6.37. The van der Waals surface area contributed by atoms with Gasteiger partial charge in [0.05, 0.1) is 0 Å². The summed E-state index contributed by atoms with van der Waals surface area (Å²) < 4.78 is 0. The topological polar surface area (TPSA) is 28.2 Å². The molecule has 2 aromatic rings. The van der Waals surface area contributed by atoms with Crippen LogP contribution in [0.15, 0.2) is 42.7 Å². The molecule has 21 heavy (non-hydrogen) atoms. The van der Waals surface area contributed by atoms with Crippen LogP contribution in [0.5, 0.6) is 0 Å². The second-order valence-corrected chi connectivity index (χ2v) is 5.84. The number of pyridine rings is 1. The zero-order valence-electron chi connectivity index (χ0n) is 12.8. The van der Waals surface area contributed by atoms with Gasteiger partial charge in [-0.15, -0.1) is 0 Å². The minimum Gasteiger partial charge on any atom is -0.314 e. The van der Waals surface area contributed by atoms with Gasteiger partial charge in [-0.25, -0.2) is 0 Å². The number of nitrogens with one attached hydrogen (secondary N) is 1. The van der Waals surface area contributed by atoms with Gasteiger partial charge in [0.15, 0.2) is 0 Å². The number of rotatable bonds is 3.